The van der Waals surface area contributed by atoms with Crippen LogP contribution >= 0.6 is 23.1 Å². The molecule has 1 aromatic carbocycles. The maximum absolute atomic E-state index is 12.3. The molecule has 0 atom stereocenters. The van der Waals surface area contributed by atoms with Crippen LogP contribution in [-0.2, 0) is 16.8 Å². The van der Waals surface area contributed by atoms with Gasteiger partial charge in [-0.15, -0.1) is 21.5 Å². The normalized spacial score (nSPS) is 11.3. The number of benzene rings is 1. The summed E-state index contributed by atoms with van der Waals surface area (Å²) in [6, 6.07) is 11.3. The van der Waals surface area contributed by atoms with Crippen LogP contribution in [-0.4, -0.2) is 32.3 Å². The molecule has 2 aromatic heterocycles. The maximum atomic E-state index is 12.3. The molecule has 0 radical (unpaired) electrons. The van der Waals surface area contributed by atoms with Crippen molar-refractivity contribution in [2.24, 2.45) is 0 Å². The van der Waals surface area contributed by atoms with Crippen LogP contribution in [0.5, 0.6) is 0 Å². The van der Waals surface area contributed by atoms with Crippen LogP contribution in [0.1, 0.15) is 43.6 Å². The average Bonchev–Trinajstić information content (AvgIpc) is 3.39. The van der Waals surface area contributed by atoms with Gasteiger partial charge in [0.15, 0.2) is 11.0 Å². The van der Waals surface area contributed by atoms with E-state index < -0.39 is 0 Å². The third-order valence-electron chi connectivity index (χ3n) is 4.44. The van der Waals surface area contributed by atoms with Crippen LogP contribution in [0.2, 0.25) is 0 Å². The van der Waals surface area contributed by atoms with Crippen LogP contribution in [0.3, 0.4) is 0 Å². The molecule has 2 N–H and O–H groups in total. The van der Waals surface area contributed by atoms with Crippen molar-refractivity contribution in [1.82, 2.24) is 25.6 Å². The zero-order chi connectivity index (χ0) is 21.7. The van der Waals surface area contributed by atoms with Crippen LogP contribution in [0.25, 0.3) is 10.7 Å². The van der Waals surface area contributed by atoms with Crippen molar-refractivity contribution in [2.75, 3.05) is 5.75 Å². The predicted octanol–water partition coefficient (Wildman–Crippen LogP) is 3.88. The molecule has 3 aromatic rings. The molecule has 0 unspecified atom stereocenters. The highest BCUT2D eigenvalue weighted by Gasteiger charge is 2.16. The van der Waals surface area contributed by atoms with E-state index in [4.69, 9.17) is 0 Å². The Hall–Kier alpha value is -2.65. The van der Waals surface area contributed by atoms with E-state index in [-0.39, 0.29) is 23.0 Å². The Morgan fingerprint density at radius 1 is 1.10 bits per heavy atom. The second kappa shape index (κ2) is 9.44. The van der Waals surface area contributed by atoms with E-state index in [2.05, 4.69) is 41.8 Å². The molecule has 9 heteroatoms. The lowest BCUT2D eigenvalue weighted by molar-refractivity contribution is -0.119. The first-order valence-corrected chi connectivity index (χ1v) is 11.5. The molecule has 3 rings (SSSR count). The number of hydrogen-bond acceptors (Lipinski definition) is 6. The summed E-state index contributed by atoms with van der Waals surface area (Å²) in [5.41, 5.74) is 6.55. The summed E-state index contributed by atoms with van der Waals surface area (Å²) in [6.45, 7) is 9.05. The van der Waals surface area contributed by atoms with E-state index >= 15 is 0 Å². The number of thioether (sulfide) groups is 1. The predicted molar refractivity (Wildman–Crippen MR) is 120 cm³/mol. The third kappa shape index (κ3) is 5.28. The Labute approximate surface area is 184 Å². The van der Waals surface area contributed by atoms with E-state index in [1.165, 1.54) is 11.8 Å². The highest BCUT2D eigenvalue weighted by Crippen LogP contribution is 2.27. The fourth-order valence-corrected chi connectivity index (χ4v) is 4.27. The molecule has 7 nitrogen and oxygen atoms in total. The number of carbonyl (C=O) groups excluding carboxylic acids is 2. The number of hydrazine groups is 1. The minimum Gasteiger partial charge on any atom is -0.302 e. The maximum Gasteiger partial charge on any atom is 0.269 e. The standard InChI is InChI=1S/C21H25N5O2S2/c1-5-26-18(16-7-6-12-29-16)23-25-20(26)30-13-17(27)22-24-19(28)14-8-10-15(11-9-14)21(2,3)4/h6-12H,5,13H2,1-4H3,(H,22,27)(H,24,28). The van der Waals surface area contributed by atoms with E-state index in [0.29, 0.717) is 17.3 Å². The summed E-state index contributed by atoms with van der Waals surface area (Å²) in [5.74, 6) is 0.238. The van der Waals surface area contributed by atoms with Gasteiger partial charge in [-0.2, -0.15) is 0 Å². The van der Waals surface area contributed by atoms with Crippen molar-refractivity contribution in [1.29, 1.82) is 0 Å². The number of nitrogens with one attached hydrogen (secondary N) is 2. The number of aromatic nitrogens is 3. The highest BCUT2D eigenvalue weighted by atomic mass is 32.2. The summed E-state index contributed by atoms with van der Waals surface area (Å²) in [6.07, 6.45) is 0. The van der Waals surface area contributed by atoms with Crippen molar-refractivity contribution in [2.45, 2.75) is 44.8 Å². The lowest BCUT2D eigenvalue weighted by Gasteiger charge is -2.19. The summed E-state index contributed by atoms with van der Waals surface area (Å²) < 4.78 is 1.97. The first-order valence-electron chi connectivity index (χ1n) is 9.59. The molecule has 2 amide bonds. The Morgan fingerprint density at radius 3 is 2.43 bits per heavy atom. The van der Waals surface area contributed by atoms with Crippen LogP contribution in [0.15, 0.2) is 46.9 Å². The van der Waals surface area contributed by atoms with Gasteiger partial charge in [0, 0.05) is 12.1 Å². The molecule has 0 aliphatic carbocycles. The minimum absolute atomic E-state index is 0.0167. The lowest BCUT2D eigenvalue weighted by atomic mass is 9.87. The molecule has 30 heavy (non-hydrogen) atoms. The minimum atomic E-state index is -0.356. The molecule has 0 bridgehead atoms. The van der Waals surface area contributed by atoms with Gasteiger partial charge in [-0.3, -0.25) is 20.4 Å². The average molecular weight is 444 g/mol. The number of rotatable bonds is 6. The molecule has 0 spiro atoms. The second-order valence-corrected chi connectivity index (χ2v) is 9.54. The first kappa shape index (κ1) is 22.0. The molecule has 158 valence electrons. The van der Waals surface area contributed by atoms with Crippen molar-refractivity contribution >= 4 is 34.9 Å². The van der Waals surface area contributed by atoms with Gasteiger partial charge in [0.25, 0.3) is 5.91 Å². The van der Waals surface area contributed by atoms with Gasteiger partial charge in [-0.25, -0.2) is 0 Å². The van der Waals surface area contributed by atoms with Crippen LogP contribution < -0.4 is 10.9 Å². The molecular weight excluding hydrogens is 418 g/mol. The number of nitrogens with zero attached hydrogens (tertiary/aromatic N) is 3. The molecule has 0 aliphatic heterocycles. The summed E-state index contributed by atoms with van der Waals surface area (Å²) >= 11 is 2.88. The Morgan fingerprint density at radius 2 is 1.83 bits per heavy atom. The van der Waals surface area contributed by atoms with Crippen LogP contribution in [0, 0.1) is 0 Å². The van der Waals surface area contributed by atoms with Crippen molar-refractivity contribution in [3.63, 3.8) is 0 Å². The summed E-state index contributed by atoms with van der Waals surface area (Å²) in [5, 5.41) is 11.1. The van der Waals surface area contributed by atoms with Crippen molar-refractivity contribution in [3.05, 3.63) is 52.9 Å². The fourth-order valence-electron chi connectivity index (χ4n) is 2.76. The SMILES string of the molecule is CCn1c(SCC(=O)NNC(=O)c2ccc(C(C)(C)C)cc2)nnc1-c1cccs1. The first-order chi connectivity index (χ1) is 14.3. The quantitative estimate of drug-likeness (QED) is 0.446. The monoisotopic (exact) mass is 443 g/mol. The van der Waals surface area contributed by atoms with Crippen molar-refractivity contribution < 1.29 is 9.59 Å². The van der Waals surface area contributed by atoms with Gasteiger partial charge in [-0.05, 0) is 41.5 Å². The zero-order valence-corrected chi connectivity index (χ0v) is 19.1. The molecular formula is C21H25N5O2S2. The molecule has 2 heterocycles. The van der Waals surface area contributed by atoms with Gasteiger partial charge < -0.3 is 4.57 Å². The number of hydrogen-bond donors (Lipinski definition) is 2. The second-order valence-electron chi connectivity index (χ2n) is 7.65. The fraction of sp³-hybridized carbons (Fsp3) is 0.333. The number of amides is 2. The smallest absolute Gasteiger partial charge is 0.269 e. The Balaban J connectivity index is 1.52. The van der Waals surface area contributed by atoms with E-state index in [1.807, 2.05) is 41.1 Å². The van der Waals surface area contributed by atoms with Crippen molar-refractivity contribution in [3.8, 4) is 10.7 Å². The summed E-state index contributed by atoms with van der Waals surface area (Å²) in [7, 11) is 0. The topological polar surface area (TPSA) is 88.9 Å². The highest BCUT2D eigenvalue weighted by molar-refractivity contribution is 7.99. The number of thiophene rings is 1. The van der Waals surface area contributed by atoms with Gasteiger partial charge in [0.2, 0.25) is 5.91 Å². The molecule has 0 fully saturated rings. The van der Waals surface area contributed by atoms with Crippen LogP contribution in [0.4, 0.5) is 0 Å². The lowest BCUT2D eigenvalue weighted by Crippen LogP contribution is -2.42. The zero-order valence-electron chi connectivity index (χ0n) is 17.4. The largest absolute Gasteiger partial charge is 0.302 e. The Bertz CT molecular complexity index is 1010. The van der Waals surface area contributed by atoms with Gasteiger partial charge in [0.1, 0.15) is 0 Å². The molecule has 0 aliphatic rings. The van der Waals surface area contributed by atoms with Gasteiger partial charge in [-0.1, -0.05) is 50.7 Å². The summed E-state index contributed by atoms with van der Waals surface area (Å²) in [4.78, 5) is 25.5. The third-order valence-corrected chi connectivity index (χ3v) is 6.27. The van der Waals surface area contributed by atoms with Gasteiger partial charge in [0.05, 0.1) is 10.6 Å². The van der Waals surface area contributed by atoms with Gasteiger partial charge >= 0.3 is 0 Å². The number of carbonyl (C=O) groups is 2. The van der Waals surface area contributed by atoms with E-state index in [1.54, 1.807) is 23.5 Å². The molecule has 0 saturated carbocycles. The van der Waals surface area contributed by atoms with E-state index in [9.17, 15) is 9.59 Å². The molecule has 0 saturated heterocycles. The Kier molecular flexibility index (Phi) is 6.94. The van der Waals surface area contributed by atoms with E-state index in [0.717, 1.165) is 16.3 Å².